The molecule has 0 aliphatic rings. The molecule has 0 bridgehead atoms. The summed E-state index contributed by atoms with van der Waals surface area (Å²) in [5.41, 5.74) is 0.745. The molecule has 0 aromatic heterocycles. The molecule has 0 spiro atoms. The summed E-state index contributed by atoms with van der Waals surface area (Å²) >= 11 is 0. The first-order valence-corrected chi connectivity index (χ1v) is 10.3. The van der Waals surface area contributed by atoms with Gasteiger partial charge in [-0.1, -0.05) is 60.7 Å². The summed E-state index contributed by atoms with van der Waals surface area (Å²) in [6, 6.07) is 21.2. The Morgan fingerprint density at radius 1 is 0.853 bits per heavy atom. The van der Waals surface area contributed by atoms with Crippen molar-refractivity contribution in [2.24, 2.45) is 0 Å². The number of benzene rings is 3. The van der Waals surface area contributed by atoms with Gasteiger partial charge < -0.3 is 14.8 Å². The van der Waals surface area contributed by atoms with Crippen LogP contribution in [0.5, 0.6) is 0 Å². The second kappa shape index (κ2) is 10.9. The van der Waals surface area contributed by atoms with Gasteiger partial charge >= 0.3 is 11.9 Å². The number of ether oxygens (including phenoxy) is 2. The fourth-order valence-corrected chi connectivity index (χ4v) is 3.26. The van der Waals surface area contributed by atoms with E-state index in [1.807, 2.05) is 60.7 Å². The summed E-state index contributed by atoms with van der Waals surface area (Å²) in [5.74, 6) is -2.41. The summed E-state index contributed by atoms with van der Waals surface area (Å²) in [6.07, 6.45) is -1.22. The van der Waals surface area contributed by atoms with Gasteiger partial charge in [-0.3, -0.25) is 14.9 Å². The van der Waals surface area contributed by atoms with Gasteiger partial charge in [0.1, 0.15) is 0 Å². The van der Waals surface area contributed by atoms with E-state index in [4.69, 9.17) is 4.74 Å². The average Bonchev–Trinajstić information content (AvgIpc) is 2.87. The summed E-state index contributed by atoms with van der Waals surface area (Å²) in [6.45, 7) is 1.39. The zero-order chi connectivity index (χ0) is 24.7. The molecular formula is C25H22N2O7. The molecule has 1 N–H and O–H groups in total. The lowest BCUT2D eigenvalue weighted by atomic mass is 9.98. The van der Waals surface area contributed by atoms with Crippen LogP contribution in [0.4, 0.5) is 5.69 Å². The lowest BCUT2D eigenvalue weighted by Gasteiger charge is -2.22. The lowest BCUT2D eigenvalue weighted by molar-refractivity contribution is -0.384. The van der Waals surface area contributed by atoms with Gasteiger partial charge in [-0.15, -0.1) is 0 Å². The molecule has 1 amide bonds. The smallest absolute Gasteiger partial charge is 0.339 e. The first kappa shape index (κ1) is 24.1. The highest BCUT2D eigenvalue weighted by atomic mass is 16.6. The van der Waals surface area contributed by atoms with E-state index in [9.17, 15) is 24.5 Å². The summed E-state index contributed by atoms with van der Waals surface area (Å²) < 4.78 is 9.82. The minimum absolute atomic E-state index is 0.186. The Kier molecular flexibility index (Phi) is 7.71. The second-order valence-electron chi connectivity index (χ2n) is 7.33. The van der Waals surface area contributed by atoms with Crippen LogP contribution in [0.2, 0.25) is 0 Å². The van der Waals surface area contributed by atoms with Crippen molar-refractivity contribution < 1.29 is 28.8 Å². The second-order valence-corrected chi connectivity index (χ2v) is 7.33. The molecule has 9 nitrogen and oxygen atoms in total. The molecule has 1 atom stereocenters. The van der Waals surface area contributed by atoms with Crippen LogP contribution in [-0.2, 0) is 14.3 Å². The normalized spacial score (nSPS) is 11.4. The van der Waals surface area contributed by atoms with Gasteiger partial charge in [0.25, 0.3) is 11.6 Å². The maximum Gasteiger partial charge on any atom is 0.339 e. The van der Waals surface area contributed by atoms with Crippen LogP contribution in [0.25, 0.3) is 0 Å². The first-order valence-electron chi connectivity index (χ1n) is 10.3. The zero-order valence-electron chi connectivity index (χ0n) is 18.5. The van der Waals surface area contributed by atoms with Crippen LogP contribution in [-0.4, -0.2) is 36.0 Å². The zero-order valence-corrected chi connectivity index (χ0v) is 18.5. The molecule has 0 saturated heterocycles. The number of esters is 2. The highest BCUT2D eigenvalue weighted by Gasteiger charge is 2.25. The van der Waals surface area contributed by atoms with Crippen molar-refractivity contribution in [3.05, 3.63) is 111 Å². The van der Waals surface area contributed by atoms with Crippen LogP contribution in [0.15, 0.2) is 78.9 Å². The van der Waals surface area contributed by atoms with Crippen molar-refractivity contribution in [3.63, 3.8) is 0 Å². The molecule has 3 rings (SSSR count). The predicted octanol–water partition coefficient (Wildman–Crippen LogP) is 3.83. The Morgan fingerprint density at radius 3 is 1.82 bits per heavy atom. The topological polar surface area (TPSA) is 125 Å². The van der Waals surface area contributed by atoms with Crippen LogP contribution in [0.1, 0.15) is 44.8 Å². The van der Waals surface area contributed by atoms with Crippen LogP contribution in [0.3, 0.4) is 0 Å². The van der Waals surface area contributed by atoms with Crippen molar-refractivity contribution in [1.29, 1.82) is 0 Å². The fourth-order valence-electron chi connectivity index (χ4n) is 3.26. The first-order chi connectivity index (χ1) is 16.3. The van der Waals surface area contributed by atoms with Gasteiger partial charge in [-0.2, -0.15) is 0 Å². The average molecular weight is 462 g/mol. The Balaban J connectivity index is 1.79. The van der Waals surface area contributed by atoms with E-state index in [-0.39, 0.29) is 11.1 Å². The third kappa shape index (κ3) is 5.83. The summed E-state index contributed by atoms with van der Waals surface area (Å²) in [7, 11) is 1.11. The third-order valence-corrected chi connectivity index (χ3v) is 4.99. The van der Waals surface area contributed by atoms with E-state index in [1.54, 1.807) is 0 Å². The van der Waals surface area contributed by atoms with Gasteiger partial charge in [0.15, 0.2) is 6.10 Å². The molecule has 0 heterocycles. The fraction of sp³-hybridized carbons (Fsp3) is 0.160. The third-order valence-electron chi connectivity index (χ3n) is 4.99. The minimum atomic E-state index is -1.22. The number of hydrogen-bond donors (Lipinski definition) is 1. The standard InChI is InChI=1S/C25H22N2O7/c1-16(34-25(30)20-13-19(24(29)33-2)14-21(15-20)27(31)32)23(28)26-22(17-9-5-3-6-10-17)18-11-7-4-8-12-18/h3-16,22H,1-2H3,(H,26,28). The van der Waals surface area contributed by atoms with Crippen molar-refractivity contribution >= 4 is 23.5 Å². The minimum Gasteiger partial charge on any atom is -0.465 e. The molecule has 0 radical (unpaired) electrons. The monoisotopic (exact) mass is 462 g/mol. The molecule has 1 unspecified atom stereocenters. The van der Waals surface area contributed by atoms with Crippen molar-refractivity contribution in [2.45, 2.75) is 19.1 Å². The van der Waals surface area contributed by atoms with E-state index >= 15 is 0 Å². The van der Waals surface area contributed by atoms with E-state index in [0.29, 0.717) is 0 Å². The number of rotatable bonds is 8. The molecular weight excluding hydrogens is 440 g/mol. The van der Waals surface area contributed by atoms with E-state index in [1.165, 1.54) is 6.92 Å². The number of methoxy groups -OCH3 is 1. The molecule has 0 aliphatic carbocycles. The van der Waals surface area contributed by atoms with Gasteiger partial charge in [0.05, 0.1) is 29.2 Å². The summed E-state index contributed by atoms with van der Waals surface area (Å²) in [4.78, 5) is 47.8. The largest absolute Gasteiger partial charge is 0.465 e. The van der Waals surface area contributed by atoms with E-state index in [0.717, 1.165) is 36.4 Å². The highest BCUT2D eigenvalue weighted by molar-refractivity contribution is 5.97. The van der Waals surface area contributed by atoms with Gasteiger partial charge in [0.2, 0.25) is 0 Å². The number of nitrogens with one attached hydrogen (secondary N) is 1. The molecule has 3 aromatic carbocycles. The van der Waals surface area contributed by atoms with Crippen molar-refractivity contribution in [1.82, 2.24) is 5.32 Å². The number of non-ortho nitro benzene ring substituents is 1. The predicted molar refractivity (Wildman–Crippen MR) is 122 cm³/mol. The van der Waals surface area contributed by atoms with Crippen LogP contribution < -0.4 is 5.32 Å². The Morgan fingerprint density at radius 2 is 1.35 bits per heavy atom. The molecule has 3 aromatic rings. The lowest BCUT2D eigenvalue weighted by Crippen LogP contribution is -2.38. The molecule has 0 aliphatic heterocycles. The number of carbonyl (C=O) groups is 3. The Labute approximate surface area is 195 Å². The van der Waals surface area contributed by atoms with Gasteiger partial charge in [0, 0.05) is 12.1 Å². The van der Waals surface area contributed by atoms with Crippen LogP contribution in [0, 0.1) is 10.1 Å². The molecule has 0 fully saturated rings. The van der Waals surface area contributed by atoms with Crippen LogP contribution >= 0.6 is 0 Å². The maximum atomic E-state index is 12.9. The van der Waals surface area contributed by atoms with Gasteiger partial charge in [-0.05, 0) is 24.1 Å². The number of nitrogens with zero attached hydrogens (tertiary/aromatic N) is 1. The quantitative estimate of drug-likeness (QED) is 0.306. The van der Waals surface area contributed by atoms with E-state index in [2.05, 4.69) is 10.1 Å². The molecule has 174 valence electrons. The number of nitro groups is 1. The maximum absolute atomic E-state index is 12.9. The number of hydrogen-bond acceptors (Lipinski definition) is 7. The number of carbonyl (C=O) groups excluding carboxylic acids is 3. The summed E-state index contributed by atoms with van der Waals surface area (Å²) in [5, 5.41) is 14.1. The highest BCUT2D eigenvalue weighted by Crippen LogP contribution is 2.23. The van der Waals surface area contributed by atoms with Gasteiger partial charge in [-0.25, -0.2) is 9.59 Å². The SMILES string of the molecule is COC(=O)c1cc(C(=O)OC(C)C(=O)NC(c2ccccc2)c2ccccc2)cc([N+](=O)[O-])c1. The molecule has 34 heavy (non-hydrogen) atoms. The van der Waals surface area contributed by atoms with Crippen molar-refractivity contribution in [2.75, 3.05) is 7.11 Å². The Bertz CT molecular complexity index is 1160. The van der Waals surface area contributed by atoms with E-state index < -0.39 is 40.6 Å². The molecule has 9 heteroatoms. The Hall–Kier alpha value is -4.53. The number of nitro benzene ring substituents is 1. The molecule has 0 saturated carbocycles. The number of amides is 1. The van der Waals surface area contributed by atoms with Crippen molar-refractivity contribution in [3.8, 4) is 0 Å².